The number of carbonyl (C=O) groups excluding carboxylic acids is 1. The van der Waals surface area contributed by atoms with Gasteiger partial charge >= 0.3 is 0 Å². The van der Waals surface area contributed by atoms with Gasteiger partial charge in [-0.15, -0.1) is 0 Å². The molecule has 1 saturated carbocycles. The lowest BCUT2D eigenvalue weighted by Crippen LogP contribution is -2.69. The van der Waals surface area contributed by atoms with Crippen LogP contribution >= 0.6 is 0 Å². The third-order valence-corrected chi connectivity index (χ3v) is 6.10. The maximum absolute atomic E-state index is 13.4. The van der Waals surface area contributed by atoms with Crippen LogP contribution in [0.4, 0.5) is 4.39 Å². The lowest BCUT2D eigenvalue weighted by molar-refractivity contribution is -0.261. The van der Waals surface area contributed by atoms with Crippen molar-refractivity contribution in [2.45, 2.75) is 44.3 Å². The molecule has 2 fully saturated rings. The summed E-state index contributed by atoms with van der Waals surface area (Å²) in [4.78, 5) is 14.2. The minimum Gasteiger partial charge on any atom is -0.505 e. The van der Waals surface area contributed by atoms with Gasteiger partial charge in [-0.25, -0.2) is 4.39 Å². The monoisotopic (exact) mass is 337 g/mol. The number of nitrogens with zero attached hydrogens (tertiary/aromatic N) is 1. The second-order valence-corrected chi connectivity index (χ2v) is 7.15. The third kappa shape index (κ3) is 2.58. The number of aliphatic hydroxyl groups is 1. The van der Waals surface area contributed by atoms with Crippen molar-refractivity contribution >= 4 is 5.91 Å². The highest BCUT2D eigenvalue weighted by atomic mass is 19.1. The van der Waals surface area contributed by atoms with E-state index in [-0.39, 0.29) is 29.4 Å². The molecule has 24 heavy (non-hydrogen) atoms. The normalized spacial score (nSPS) is 28.7. The number of likely N-dealkylation sites (tertiary alicyclic amines) is 1. The van der Waals surface area contributed by atoms with E-state index < -0.39 is 11.6 Å². The fourth-order valence-electron chi connectivity index (χ4n) is 4.24. The Hall–Kier alpha value is -1.66. The molecule has 1 aliphatic carbocycles. The Labute approximate surface area is 141 Å². The van der Waals surface area contributed by atoms with Crippen LogP contribution in [0.15, 0.2) is 18.2 Å². The number of halogens is 1. The summed E-state index contributed by atoms with van der Waals surface area (Å²) in [7, 11) is 1.67. The van der Waals surface area contributed by atoms with E-state index in [0.29, 0.717) is 37.9 Å². The molecule has 1 spiro atoms. The van der Waals surface area contributed by atoms with Crippen LogP contribution < -0.4 is 0 Å². The van der Waals surface area contributed by atoms with Crippen molar-refractivity contribution in [1.82, 2.24) is 4.90 Å². The van der Waals surface area contributed by atoms with Gasteiger partial charge in [-0.05, 0) is 37.5 Å². The van der Waals surface area contributed by atoms with Crippen LogP contribution in [-0.4, -0.2) is 52.9 Å². The molecule has 1 aromatic carbocycles. The summed E-state index contributed by atoms with van der Waals surface area (Å²) in [6, 6.07) is 4.01. The number of benzene rings is 1. The van der Waals surface area contributed by atoms with Crippen LogP contribution in [0.5, 0.6) is 5.75 Å². The first kappa shape index (κ1) is 17.2. The van der Waals surface area contributed by atoms with Gasteiger partial charge in [-0.3, -0.25) is 4.79 Å². The van der Waals surface area contributed by atoms with Gasteiger partial charge in [0.25, 0.3) is 0 Å². The molecule has 2 aliphatic rings. The number of phenols is 1. The number of phenolic OH excluding ortho intramolecular Hbond substituents is 1. The highest BCUT2D eigenvalue weighted by molar-refractivity contribution is 5.79. The van der Waals surface area contributed by atoms with E-state index in [0.717, 1.165) is 0 Å². The fourth-order valence-corrected chi connectivity index (χ4v) is 4.24. The minimum absolute atomic E-state index is 0.0668. The van der Waals surface area contributed by atoms with Crippen LogP contribution in [0.1, 0.15) is 31.7 Å². The first-order valence-electron chi connectivity index (χ1n) is 8.30. The molecule has 0 radical (unpaired) electrons. The summed E-state index contributed by atoms with van der Waals surface area (Å²) >= 11 is 0. The molecule has 5 nitrogen and oxygen atoms in total. The Kier molecular flexibility index (Phi) is 4.30. The van der Waals surface area contributed by atoms with Crippen LogP contribution in [0.2, 0.25) is 0 Å². The number of hydrogen-bond acceptors (Lipinski definition) is 4. The summed E-state index contributed by atoms with van der Waals surface area (Å²) in [5.74, 6) is -1.20. The molecule has 1 aliphatic heterocycles. The number of rotatable bonds is 3. The van der Waals surface area contributed by atoms with Crippen molar-refractivity contribution in [2.75, 3.05) is 20.2 Å². The maximum atomic E-state index is 13.4. The summed E-state index contributed by atoms with van der Waals surface area (Å²) in [5.41, 5.74) is -0.0637. The molecule has 6 heteroatoms. The molecular formula is C18H24FNO4. The Morgan fingerprint density at radius 2 is 2.08 bits per heavy atom. The molecule has 0 aromatic heterocycles. The molecular weight excluding hydrogens is 313 g/mol. The average molecular weight is 337 g/mol. The molecule has 1 aromatic rings. The highest BCUT2D eigenvalue weighted by Crippen LogP contribution is 2.57. The number of carbonyl (C=O) groups is 1. The van der Waals surface area contributed by atoms with Crippen LogP contribution in [0, 0.1) is 11.2 Å². The van der Waals surface area contributed by atoms with Gasteiger partial charge < -0.3 is 19.8 Å². The number of aliphatic hydroxyl groups excluding tert-OH is 1. The number of amides is 1. The van der Waals surface area contributed by atoms with Gasteiger partial charge in [0, 0.05) is 32.0 Å². The van der Waals surface area contributed by atoms with Gasteiger partial charge in [0.05, 0.1) is 18.1 Å². The van der Waals surface area contributed by atoms with Crippen molar-refractivity contribution in [3.8, 4) is 5.75 Å². The molecule has 0 unspecified atom stereocenters. The Morgan fingerprint density at radius 3 is 2.62 bits per heavy atom. The predicted octanol–water partition coefficient (Wildman–Crippen LogP) is 1.85. The third-order valence-electron chi connectivity index (χ3n) is 6.10. The Bertz CT molecular complexity index is 642. The van der Waals surface area contributed by atoms with Crippen molar-refractivity contribution in [3.05, 3.63) is 29.6 Å². The number of ether oxygens (including phenoxy) is 1. The second-order valence-electron chi connectivity index (χ2n) is 7.15. The number of piperidine rings is 1. The van der Waals surface area contributed by atoms with Crippen molar-refractivity contribution in [3.63, 3.8) is 0 Å². The van der Waals surface area contributed by atoms with Gasteiger partial charge in [0.15, 0.2) is 11.6 Å². The van der Waals surface area contributed by atoms with Gasteiger partial charge in [0.2, 0.25) is 5.91 Å². The summed E-state index contributed by atoms with van der Waals surface area (Å²) < 4.78 is 19.0. The molecule has 1 amide bonds. The van der Waals surface area contributed by atoms with Crippen molar-refractivity contribution in [2.24, 2.45) is 5.41 Å². The zero-order valence-electron chi connectivity index (χ0n) is 14.1. The standard InChI is InChI=1S/C18H24FNO4/c1-17(24-2)11-15(22)18(17)5-7-20(8-6-18)16(23)10-12-3-4-14(21)13(19)9-12/h3-4,9,15,21-22H,5-8,10-11H2,1-2H3/t15-,17+/m1/s1. The Balaban J connectivity index is 1.62. The van der Waals surface area contributed by atoms with Crippen molar-refractivity contribution in [1.29, 1.82) is 0 Å². The quantitative estimate of drug-likeness (QED) is 0.883. The Morgan fingerprint density at radius 1 is 1.42 bits per heavy atom. The van der Waals surface area contributed by atoms with Crippen LogP contribution in [-0.2, 0) is 16.0 Å². The zero-order chi connectivity index (χ0) is 17.5. The molecule has 0 bridgehead atoms. The van der Waals surface area contributed by atoms with Crippen LogP contribution in [0.25, 0.3) is 0 Å². The number of aromatic hydroxyl groups is 1. The summed E-state index contributed by atoms with van der Waals surface area (Å²) in [5, 5.41) is 19.5. The van der Waals surface area contributed by atoms with E-state index in [9.17, 15) is 19.4 Å². The smallest absolute Gasteiger partial charge is 0.226 e. The lowest BCUT2D eigenvalue weighted by Gasteiger charge is -2.62. The summed E-state index contributed by atoms with van der Waals surface area (Å²) in [6.45, 7) is 3.15. The molecule has 132 valence electrons. The molecule has 1 heterocycles. The molecule has 1 saturated heterocycles. The fraction of sp³-hybridized carbons (Fsp3) is 0.611. The first-order chi connectivity index (χ1) is 11.3. The predicted molar refractivity (Wildman–Crippen MR) is 86.1 cm³/mol. The van der Waals surface area contributed by atoms with E-state index >= 15 is 0 Å². The largest absolute Gasteiger partial charge is 0.505 e. The molecule has 3 rings (SSSR count). The van der Waals surface area contributed by atoms with Gasteiger partial charge in [0.1, 0.15) is 0 Å². The van der Waals surface area contributed by atoms with E-state index in [1.807, 2.05) is 6.92 Å². The van der Waals surface area contributed by atoms with E-state index in [2.05, 4.69) is 0 Å². The van der Waals surface area contributed by atoms with E-state index in [4.69, 9.17) is 4.74 Å². The average Bonchev–Trinajstić information content (AvgIpc) is 2.58. The second kappa shape index (κ2) is 6.01. The lowest BCUT2D eigenvalue weighted by atomic mass is 9.51. The van der Waals surface area contributed by atoms with Crippen LogP contribution in [0.3, 0.4) is 0 Å². The minimum atomic E-state index is -0.716. The maximum Gasteiger partial charge on any atom is 0.226 e. The van der Waals surface area contributed by atoms with Gasteiger partial charge in [-0.2, -0.15) is 0 Å². The number of methoxy groups -OCH3 is 1. The van der Waals surface area contributed by atoms with E-state index in [1.54, 1.807) is 18.1 Å². The van der Waals surface area contributed by atoms with Crippen molar-refractivity contribution < 1.29 is 24.1 Å². The van der Waals surface area contributed by atoms with Gasteiger partial charge in [-0.1, -0.05) is 6.07 Å². The van der Waals surface area contributed by atoms with E-state index in [1.165, 1.54) is 12.1 Å². The molecule has 2 N–H and O–H groups in total. The number of hydrogen-bond donors (Lipinski definition) is 2. The summed E-state index contributed by atoms with van der Waals surface area (Å²) in [6.07, 6.45) is 1.76. The zero-order valence-corrected chi connectivity index (χ0v) is 14.1. The first-order valence-corrected chi connectivity index (χ1v) is 8.30. The topological polar surface area (TPSA) is 70.0 Å². The SMILES string of the molecule is CO[C@@]1(C)C[C@@H](O)C12CCN(C(=O)Cc1ccc(O)c(F)c1)CC2. The molecule has 2 atom stereocenters. The highest BCUT2D eigenvalue weighted by Gasteiger charge is 2.63.